The number of nitrogens with zero attached hydrogens (tertiary/aromatic N) is 2. The number of rotatable bonds is 13. The number of aliphatic hydroxyl groups excluding tert-OH is 1. The lowest BCUT2D eigenvalue weighted by atomic mass is 9.85. The van der Waals surface area contributed by atoms with Crippen LogP contribution in [0.2, 0.25) is 0 Å². The van der Waals surface area contributed by atoms with E-state index in [9.17, 15) is 28.7 Å². The minimum absolute atomic E-state index is 0.0168. The van der Waals surface area contributed by atoms with Gasteiger partial charge in [0.25, 0.3) is 5.91 Å². The van der Waals surface area contributed by atoms with Crippen LogP contribution >= 0.6 is 11.3 Å². The van der Waals surface area contributed by atoms with Crippen molar-refractivity contribution in [2.24, 2.45) is 11.1 Å². The molecule has 4 amide bonds. The Kier molecular flexibility index (Phi) is 11.0. The highest BCUT2D eigenvalue weighted by Crippen LogP contribution is 2.40. The lowest BCUT2D eigenvalue weighted by Crippen LogP contribution is -2.59. The summed E-state index contributed by atoms with van der Waals surface area (Å²) < 4.78 is 14.5. The normalized spacial score (nSPS) is 20.3. The monoisotopic (exact) mass is 644 g/mol. The van der Waals surface area contributed by atoms with Crippen LogP contribution in [0.15, 0.2) is 29.8 Å². The van der Waals surface area contributed by atoms with Crippen LogP contribution in [-0.4, -0.2) is 82.1 Å². The van der Waals surface area contributed by atoms with Crippen LogP contribution in [0.5, 0.6) is 0 Å². The van der Waals surface area contributed by atoms with Crippen LogP contribution in [0.3, 0.4) is 0 Å². The van der Waals surface area contributed by atoms with Gasteiger partial charge in [0.2, 0.25) is 17.7 Å². The third kappa shape index (κ3) is 8.65. The van der Waals surface area contributed by atoms with Crippen LogP contribution in [0.1, 0.15) is 76.6 Å². The molecule has 1 aromatic heterocycles. The Morgan fingerprint density at radius 2 is 1.84 bits per heavy atom. The summed E-state index contributed by atoms with van der Waals surface area (Å²) in [6.45, 7) is 8.03. The van der Waals surface area contributed by atoms with Gasteiger partial charge in [-0.2, -0.15) is 0 Å². The van der Waals surface area contributed by atoms with Crippen LogP contribution in [0.4, 0.5) is 4.39 Å². The van der Waals surface area contributed by atoms with Gasteiger partial charge in [-0.3, -0.25) is 19.2 Å². The van der Waals surface area contributed by atoms with Gasteiger partial charge in [0.05, 0.1) is 34.6 Å². The van der Waals surface area contributed by atoms with Crippen molar-refractivity contribution in [3.05, 3.63) is 41.0 Å². The molecule has 1 saturated heterocycles. The lowest BCUT2D eigenvalue weighted by Gasteiger charge is -2.36. The number of alkyl halides is 1. The minimum atomic E-state index is -1.97. The maximum Gasteiger partial charge on any atom is 0.258 e. The zero-order chi connectivity index (χ0) is 32.9. The van der Waals surface area contributed by atoms with E-state index in [1.54, 1.807) is 26.3 Å². The van der Waals surface area contributed by atoms with Crippen molar-refractivity contribution in [2.45, 2.75) is 96.1 Å². The number of halogens is 1. The summed E-state index contributed by atoms with van der Waals surface area (Å²) in [6.07, 6.45) is 0.674. The molecular weight excluding hydrogens is 599 g/mol. The van der Waals surface area contributed by atoms with Crippen molar-refractivity contribution in [2.75, 3.05) is 19.6 Å². The van der Waals surface area contributed by atoms with Crippen LogP contribution in [-0.2, 0) is 19.2 Å². The second kappa shape index (κ2) is 14.3. The zero-order valence-electron chi connectivity index (χ0n) is 26.4. The molecule has 1 unspecified atom stereocenters. The van der Waals surface area contributed by atoms with Crippen LogP contribution < -0.4 is 21.7 Å². The van der Waals surface area contributed by atoms with Crippen molar-refractivity contribution >= 4 is 35.0 Å². The van der Waals surface area contributed by atoms with Gasteiger partial charge in [0, 0.05) is 19.5 Å². The molecule has 13 heteroatoms. The smallest absolute Gasteiger partial charge is 0.258 e. The second-order valence-corrected chi connectivity index (χ2v) is 14.0. The Labute approximate surface area is 267 Å². The van der Waals surface area contributed by atoms with Crippen molar-refractivity contribution < 1.29 is 28.7 Å². The van der Waals surface area contributed by atoms with Crippen LogP contribution in [0, 0.1) is 12.3 Å². The molecule has 246 valence electrons. The number of amides is 4. The van der Waals surface area contributed by atoms with E-state index in [0.717, 1.165) is 29.0 Å². The molecule has 0 bridgehead atoms. The molecular formula is C32H45FN6O5S. The van der Waals surface area contributed by atoms with E-state index >= 15 is 0 Å². The maximum atomic E-state index is 14.5. The molecule has 0 radical (unpaired) electrons. The number of β-amino-alcohol motifs (C(OH)–C–C–N with tert-alkyl or cyclic N) is 1. The third-order valence-corrected chi connectivity index (χ3v) is 9.31. The molecule has 2 heterocycles. The van der Waals surface area contributed by atoms with E-state index in [-0.39, 0.29) is 38.1 Å². The highest BCUT2D eigenvalue weighted by molar-refractivity contribution is 7.13. The molecule has 1 aliphatic heterocycles. The number of carbonyl (C=O) groups excluding carboxylic acids is 4. The van der Waals surface area contributed by atoms with Crippen LogP contribution in [0.25, 0.3) is 10.4 Å². The summed E-state index contributed by atoms with van der Waals surface area (Å²) in [7, 11) is 0. The van der Waals surface area contributed by atoms with Crippen molar-refractivity contribution in [3.8, 4) is 10.4 Å². The molecule has 2 aliphatic rings. The first-order valence-electron chi connectivity index (χ1n) is 15.5. The minimum Gasteiger partial charge on any atom is -0.391 e. The quantitative estimate of drug-likeness (QED) is 0.209. The number of aliphatic hydroxyl groups is 1. The number of carbonyl (C=O) groups is 4. The van der Waals surface area contributed by atoms with Gasteiger partial charge < -0.3 is 31.7 Å². The molecule has 1 aliphatic carbocycles. The number of aromatic nitrogens is 1. The third-order valence-electron chi connectivity index (χ3n) is 8.33. The fourth-order valence-electron chi connectivity index (χ4n) is 5.44. The first-order valence-corrected chi connectivity index (χ1v) is 16.4. The van der Waals surface area contributed by atoms with Crippen molar-refractivity contribution in [1.82, 2.24) is 25.8 Å². The molecule has 0 spiro atoms. The Morgan fingerprint density at radius 3 is 2.42 bits per heavy atom. The second-order valence-electron chi connectivity index (χ2n) is 13.1. The molecule has 4 atom stereocenters. The summed E-state index contributed by atoms with van der Waals surface area (Å²) >= 11 is 1.52. The molecule has 1 aromatic carbocycles. The first kappa shape index (κ1) is 34.5. The van der Waals surface area contributed by atoms with Gasteiger partial charge in [0.1, 0.15) is 12.1 Å². The Balaban J connectivity index is 1.54. The van der Waals surface area contributed by atoms with Gasteiger partial charge in [-0.1, -0.05) is 45.0 Å². The fraction of sp³-hybridized carbons (Fsp3) is 0.594. The summed E-state index contributed by atoms with van der Waals surface area (Å²) in [5.74, 6) is -2.21. The molecule has 11 nitrogen and oxygen atoms in total. The number of benzene rings is 1. The van der Waals surface area contributed by atoms with E-state index in [2.05, 4.69) is 20.9 Å². The van der Waals surface area contributed by atoms with E-state index < -0.39 is 53.0 Å². The number of aryl methyl sites for hydroxylation is 1. The number of hydrogen-bond acceptors (Lipinski definition) is 8. The average Bonchev–Trinajstić information content (AvgIpc) is 3.39. The molecule has 2 aromatic rings. The number of likely N-dealkylation sites (tertiary alicyclic amines) is 1. The van der Waals surface area contributed by atoms with E-state index in [1.807, 2.05) is 31.2 Å². The summed E-state index contributed by atoms with van der Waals surface area (Å²) in [6, 6.07) is 4.64. The number of thiazole rings is 1. The summed E-state index contributed by atoms with van der Waals surface area (Å²) in [5, 5.41) is 19.0. The molecule has 1 saturated carbocycles. The number of nitrogens with two attached hydrogens (primary N) is 1. The predicted octanol–water partition coefficient (Wildman–Crippen LogP) is 2.52. The van der Waals surface area contributed by atoms with E-state index in [0.29, 0.717) is 18.7 Å². The molecule has 2 fully saturated rings. The Bertz CT molecular complexity index is 1370. The predicted molar refractivity (Wildman–Crippen MR) is 170 cm³/mol. The number of hydrogen-bond donors (Lipinski definition) is 5. The van der Waals surface area contributed by atoms with E-state index in [1.165, 1.54) is 16.2 Å². The van der Waals surface area contributed by atoms with Gasteiger partial charge in [-0.25, -0.2) is 9.37 Å². The highest BCUT2D eigenvalue weighted by atomic mass is 32.1. The van der Waals surface area contributed by atoms with Gasteiger partial charge >= 0.3 is 0 Å². The standard InChI is InChI=1S/C32H45FN6O5S/c1-19-26(45-18-36-19)21-9-7-20(8-10-21)23(16-25(41)35-14-6-5-13-34)37-28(42)24-15-22(40)17-39(24)29(43)27(31(2,3)4)38-30(44)32(33)11-12-32/h7-10,18,22-24,27,40H,5-6,11-17,34H2,1-4H3,(H,35,41)(H,37,42)(H,38,44)/t22-,23+,24+,27?/m1/s1. The fourth-order valence-corrected chi connectivity index (χ4v) is 6.25. The maximum absolute atomic E-state index is 14.5. The molecule has 45 heavy (non-hydrogen) atoms. The average molecular weight is 645 g/mol. The molecule has 6 N–H and O–H groups in total. The Morgan fingerprint density at radius 1 is 1.16 bits per heavy atom. The summed E-state index contributed by atoms with van der Waals surface area (Å²) in [4.78, 5) is 59.8. The topological polar surface area (TPSA) is 167 Å². The van der Waals surface area contributed by atoms with Crippen molar-refractivity contribution in [1.29, 1.82) is 0 Å². The Hall–Kier alpha value is -3.42. The molecule has 4 rings (SSSR count). The SMILES string of the molecule is Cc1ncsc1-c1ccc([C@H](CC(=O)NCCCCN)NC(=O)[C@@H]2C[C@@H](O)CN2C(=O)C(NC(=O)C2(F)CC2)C(C)(C)C)cc1. The lowest BCUT2D eigenvalue weighted by molar-refractivity contribution is -0.145. The van der Waals surface area contributed by atoms with Crippen molar-refractivity contribution in [3.63, 3.8) is 0 Å². The van der Waals surface area contributed by atoms with Gasteiger partial charge in [-0.15, -0.1) is 11.3 Å². The largest absolute Gasteiger partial charge is 0.391 e. The number of nitrogens with one attached hydrogen (secondary N) is 3. The first-order chi connectivity index (χ1) is 21.2. The highest BCUT2D eigenvalue weighted by Gasteiger charge is 2.53. The van der Waals surface area contributed by atoms with Gasteiger partial charge in [-0.05, 0) is 55.7 Å². The zero-order valence-corrected chi connectivity index (χ0v) is 27.2. The number of unbranched alkanes of at least 4 members (excludes halogenated alkanes) is 1. The van der Waals surface area contributed by atoms with Gasteiger partial charge in [0.15, 0.2) is 5.67 Å². The van der Waals surface area contributed by atoms with E-state index in [4.69, 9.17) is 5.73 Å². The summed E-state index contributed by atoms with van der Waals surface area (Å²) in [5.41, 5.74) is 7.12.